The molecule has 10 nitrogen and oxygen atoms in total. The van der Waals surface area contributed by atoms with Crippen molar-refractivity contribution in [2.45, 2.75) is 53.2 Å². The van der Waals surface area contributed by atoms with Crippen molar-refractivity contribution in [3.63, 3.8) is 0 Å². The zero-order chi connectivity index (χ0) is 26.5. The highest BCUT2D eigenvalue weighted by molar-refractivity contribution is 7.92. The summed E-state index contributed by atoms with van der Waals surface area (Å²) < 4.78 is 26.2. The van der Waals surface area contributed by atoms with Crippen LogP contribution in [-0.4, -0.2) is 54.9 Å². The summed E-state index contributed by atoms with van der Waals surface area (Å²) in [5, 5.41) is 14.1. The van der Waals surface area contributed by atoms with Gasteiger partial charge in [-0.2, -0.15) is 0 Å². The normalized spacial score (nSPS) is 12.2. The lowest BCUT2D eigenvalue weighted by Gasteiger charge is -2.32. The Morgan fingerprint density at radius 1 is 1.06 bits per heavy atom. The van der Waals surface area contributed by atoms with Crippen molar-refractivity contribution in [1.29, 1.82) is 0 Å². The first kappa shape index (κ1) is 27.8. The number of nitrogens with one attached hydrogen (secondary N) is 1. The van der Waals surface area contributed by atoms with Crippen LogP contribution in [0, 0.1) is 24.0 Å². The molecule has 0 spiro atoms. The number of non-ortho nitro benzene ring substituents is 1. The van der Waals surface area contributed by atoms with E-state index in [1.54, 1.807) is 27.7 Å². The number of hydrogen-bond acceptors (Lipinski definition) is 6. The van der Waals surface area contributed by atoms with Crippen molar-refractivity contribution < 1.29 is 22.9 Å². The van der Waals surface area contributed by atoms with Crippen LogP contribution in [0.1, 0.15) is 37.5 Å². The molecule has 0 saturated carbocycles. The third-order valence-corrected chi connectivity index (χ3v) is 6.68. The van der Waals surface area contributed by atoms with Gasteiger partial charge in [-0.05, 0) is 51.3 Å². The molecule has 35 heavy (non-hydrogen) atoms. The summed E-state index contributed by atoms with van der Waals surface area (Å²) in [6.07, 6.45) is 0.930. The molecule has 1 atom stereocenters. The zero-order valence-corrected chi connectivity index (χ0v) is 21.6. The maximum atomic E-state index is 13.6. The number of nitrogens with zero attached hydrogens (tertiary/aromatic N) is 3. The first-order valence-corrected chi connectivity index (χ1v) is 12.9. The molecule has 2 amide bonds. The zero-order valence-electron chi connectivity index (χ0n) is 20.8. The van der Waals surface area contributed by atoms with Gasteiger partial charge in [0, 0.05) is 24.7 Å². The third kappa shape index (κ3) is 7.25. The lowest BCUT2D eigenvalue weighted by molar-refractivity contribution is -0.384. The number of carbonyl (C=O) groups is 2. The quantitative estimate of drug-likeness (QED) is 0.391. The first-order chi connectivity index (χ1) is 16.2. The van der Waals surface area contributed by atoms with Crippen molar-refractivity contribution in [3.05, 3.63) is 69.3 Å². The number of sulfonamides is 1. The largest absolute Gasteiger partial charge is 0.352 e. The van der Waals surface area contributed by atoms with Gasteiger partial charge in [0.1, 0.15) is 12.6 Å². The lowest BCUT2D eigenvalue weighted by Crippen LogP contribution is -2.52. The Morgan fingerprint density at radius 2 is 1.69 bits per heavy atom. The summed E-state index contributed by atoms with van der Waals surface area (Å²) in [6.45, 7) is 8.13. The number of rotatable bonds is 10. The van der Waals surface area contributed by atoms with Crippen LogP contribution in [0.3, 0.4) is 0 Å². The van der Waals surface area contributed by atoms with Gasteiger partial charge in [-0.1, -0.05) is 30.3 Å². The average Bonchev–Trinajstić information content (AvgIpc) is 2.75. The van der Waals surface area contributed by atoms with Crippen LogP contribution < -0.4 is 9.62 Å². The van der Waals surface area contributed by atoms with E-state index in [2.05, 4.69) is 5.32 Å². The van der Waals surface area contributed by atoms with Gasteiger partial charge in [0.05, 0.1) is 16.9 Å². The summed E-state index contributed by atoms with van der Waals surface area (Å²) in [5.74, 6) is -0.990. The molecule has 2 aromatic carbocycles. The van der Waals surface area contributed by atoms with Gasteiger partial charge in [-0.25, -0.2) is 8.42 Å². The van der Waals surface area contributed by atoms with E-state index in [9.17, 15) is 28.1 Å². The SMILES string of the molecule is Cc1ccccc1CN(C(=O)CN(c1cc([N+](=O)[O-])ccc1C)S(C)(=O)=O)[C@@H](C)C(=O)NC(C)C. The van der Waals surface area contributed by atoms with Crippen LogP contribution in [0.2, 0.25) is 0 Å². The maximum absolute atomic E-state index is 13.6. The molecule has 190 valence electrons. The second-order valence-electron chi connectivity index (χ2n) is 8.78. The van der Waals surface area contributed by atoms with Crippen LogP contribution in [0.5, 0.6) is 0 Å². The molecule has 0 heterocycles. The Bertz CT molecular complexity index is 1210. The molecule has 2 rings (SSSR count). The van der Waals surface area contributed by atoms with Crippen LogP contribution >= 0.6 is 0 Å². The van der Waals surface area contributed by atoms with Gasteiger partial charge < -0.3 is 10.2 Å². The predicted octanol–water partition coefficient (Wildman–Crippen LogP) is 2.92. The highest BCUT2D eigenvalue weighted by Gasteiger charge is 2.31. The molecule has 0 radical (unpaired) electrons. The fraction of sp³-hybridized carbons (Fsp3) is 0.417. The van der Waals surface area contributed by atoms with Crippen LogP contribution in [0.15, 0.2) is 42.5 Å². The average molecular weight is 505 g/mol. The number of benzene rings is 2. The highest BCUT2D eigenvalue weighted by atomic mass is 32.2. The van der Waals surface area contributed by atoms with E-state index in [0.717, 1.165) is 27.8 Å². The van der Waals surface area contributed by atoms with Crippen LogP contribution in [-0.2, 0) is 26.2 Å². The van der Waals surface area contributed by atoms with E-state index in [-0.39, 0.29) is 29.9 Å². The summed E-state index contributed by atoms with van der Waals surface area (Å²) in [7, 11) is -3.99. The minimum absolute atomic E-state index is 0.0326. The second kappa shape index (κ2) is 11.3. The fourth-order valence-corrected chi connectivity index (χ4v) is 4.43. The summed E-state index contributed by atoms with van der Waals surface area (Å²) in [5.41, 5.74) is 1.90. The van der Waals surface area contributed by atoms with Crippen molar-refractivity contribution in [3.8, 4) is 0 Å². The van der Waals surface area contributed by atoms with E-state index in [1.807, 2.05) is 31.2 Å². The van der Waals surface area contributed by atoms with Gasteiger partial charge in [-0.15, -0.1) is 0 Å². The number of aryl methyl sites for hydroxylation is 2. The Kier molecular flexibility index (Phi) is 8.97. The minimum Gasteiger partial charge on any atom is -0.352 e. The summed E-state index contributed by atoms with van der Waals surface area (Å²) in [4.78, 5) is 38.3. The Hall–Kier alpha value is -3.47. The topological polar surface area (TPSA) is 130 Å². The minimum atomic E-state index is -3.99. The molecule has 0 aliphatic rings. The Morgan fingerprint density at radius 3 is 2.23 bits per heavy atom. The molecule has 0 aromatic heterocycles. The van der Waals surface area contributed by atoms with E-state index < -0.39 is 33.4 Å². The number of anilines is 1. The number of nitro benzene ring substituents is 1. The molecular weight excluding hydrogens is 472 g/mol. The fourth-order valence-electron chi connectivity index (χ4n) is 3.53. The highest BCUT2D eigenvalue weighted by Crippen LogP contribution is 2.28. The summed E-state index contributed by atoms with van der Waals surface area (Å²) >= 11 is 0. The molecule has 0 fully saturated rings. The maximum Gasteiger partial charge on any atom is 0.271 e. The van der Waals surface area contributed by atoms with Crippen molar-refractivity contribution in [2.75, 3.05) is 17.1 Å². The predicted molar refractivity (Wildman–Crippen MR) is 134 cm³/mol. The first-order valence-electron chi connectivity index (χ1n) is 11.1. The van der Waals surface area contributed by atoms with Crippen molar-refractivity contribution >= 4 is 33.2 Å². The number of hydrogen-bond donors (Lipinski definition) is 1. The number of nitro groups is 1. The Balaban J connectivity index is 2.50. The van der Waals surface area contributed by atoms with Gasteiger partial charge in [0.2, 0.25) is 21.8 Å². The lowest BCUT2D eigenvalue weighted by atomic mass is 10.1. The van der Waals surface area contributed by atoms with Crippen molar-refractivity contribution in [1.82, 2.24) is 10.2 Å². The standard InChI is InChI=1S/C24H32N4O6S/c1-16(2)25-24(30)19(5)26(14-20-10-8-7-9-17(20)3)23(29)15-27(35(6,33)34)22-13-21(28(31)32)12-11-18(22)4/h7-13,16,19H,14-15H2,1-6H3,(H,25,30)/t19-/m0/s1. The van der Waals surface area contributed by atoms with Gasteiger partial charge >= 0.3 is 0 Å². The molecule has 0 saturated heterocycles. The van der Waals surface area contributed by atoms with E-state index in [0.29, 0.717) is 5.56 Å². The van der Waals surface area contributed by atoms with Crippen LogP contribution in [0.4, 0.5) is 11.4 Å². The molecule has 2 aromatic rings. The molecular formula is C24H32N4O6S. The van der Waals surface area contributed by atoms with Crippen LogP contribution in [0.25, 0.3) is 0 Å². The second-order valence-corrected chi connectivity index (χ2v) is 10.7. The van der Waals surface area contributed by atoms with Crippen molar-refractivity contribution in [2.24, 2.45) is 0 Å². The molecule has 0 bridgehead atoms. The summed E-state index contributed by atoms with van der Waals surface area (Å²) in [6, 6.07) is 10.2. The van der Waals surface area contributed by atoms with E-state index >= 15 is 0 Å². The van der Waals surface area contributed by atoms with Gasteiger partial charge in [0.15, 0.2) is 0 Å². The van der Waals surface area contributed by atoms with Gasteiger partial charge in [0.25, 0.3) is 5.69 Å². The molecule has 0 unspecified atom stereocenters. The van der Waals surface area contributed by atoms with E-state index in [4.69, 9.17) is 0 Å². The number of carbonyl (C=O) groups excluding carboxylic acids is 2. The number of amides is 2. The molecule has 0 aliphatic heterocycles. The monoisotopic (exact) mass is 504 g/mol. The Labute approximate surface area is 206 Å². The molecule has 11 heteroatoms. The third-order valence-electron chi connectivity index (χ3n) is 5.55. The van der Waals surface area contributed by atoms with E-state index in [1.165, 1.54) is 17.0 Å². The molecule has 0 aliphatic carbocycles. The smallest absolute Gasteiger partial charge is 0.271 e. The molecule has 1 N–H and O–H groups in total. The van der Waals surface area contributed by atoms with Gasteiger partial charge in [-0.3, -0.25) is 24.0 Å².